The minimum absolute atomic E-state index is 0.158. The van der Waals surface area contributed by atoms with Crippen LogP contribution in [0.2, 0.25) is 0 Å². The van der Waals surface area contributed by atoms with E-state index in [1.54, 1.807) is 6.92 Å². The van der Waals surface area contributed by atoms with Crippen LogP contribution in [0.1, 0.15) is 25.2 Å². The number of amides is 1. The number of nitrogens with one attached hydrogen (secondary N) is 2. The Morgan fingerprint density at radius 1 is 1.14 bits per heavy atom. The third-order valence-corrected chi connectivity index (χ3v) is 6.01. The second-order valence-electron chi connectivity index (χ2n) is 8.78. The first kappa shape index (κ1) is 27.7. The molecule has 0 radical (unpaired) electrons. The van der Waals surface area contributed by atoms with Gasteiger partial charge in [-0.05, 0) is 63.7 Å². The van der Waals surface area contributed by atoms with E-state index < -0.39 is 12.1 Å². The first-order chi connectivity index (χ1) is 17.8. The predicted molar refractivity (Wildman–Crippen MR) is 147 cm³/mol. The van der Waals surface area contributed by atoms with Crippen molar-refractivity contribution >= 4 is 34.5 Å². The second-order valence-corrected chi connectivity index (χ2v) is 8.78. The average molecular weight is 508 g/mol. The number of carbonyl (C=O) groups is 2. The number of fused-ring (bicyclic) bond motifs is 1. The SMILES string of the molecule is C=C(C)C(=O)OCCn1c(CCOC(=O)Nc2ccc(N(CC)CCNC)cc2C)nc2ccccc21. The van der Waals surface area contributed by atoms with Gasteiger partial charge in [0, 0.05) is 43.0 Å². The Morgan fingerprint density at radius 2 is 1.92 bits per heavy atom. The monoisotopic (exact) mass is 507 g/mol. The number of hydrogen-bond donors (Lipinski definition) is 2. The molecule has 9 heteroatoms. The van der Waals surface area contributed by atoms with Crippen molar-refractivity contribution in [1.82, 2.24) is 14.9 Å². The normalized spacial score (nSPS) is 10.8. The van der Waals surface area contributed by atoms with Gasteiger partial charge in [-0.2, -0.15) is 0 Å². The van der Waals surface area contributed by atoms with Crippen LogP contribution in [0.4, 0.5) is 16.2 Å². The Kier molecular flexibility index (Phi) is 10.1. The van der Waals surface area contributed by atoms with Crippen molar-refractivity contribution in [3.05, 3.63) is 66.0 Å². The number of imidazole rings is 1. The summed E-state index contributed by atoms with van der Waals surface area (Å²) < 4.78 is 12.7. The Balaban J connectivity index is 1.58. The highest BCUT2D eigenvalue weighted by Crippen LogP contribution is 2.23. The van der Waals surface area contributed by atoms with Crippen molar-refractivity contribution in [2.75, 3.05) is 50.1 Å². The lowest BCUT2D eigenvalue weighted by molar-refractivity contribution is -0.139. The molecule has 0 aliphatic carbocycles. The highest BCUT2D eigenvalue weighted by atomic mass is 16.5. The Morgan fingerprint density at radius 3 is 2.62 bits per heavy atom. The summed E-state index contributed by atoms with van der Waals surface area (Å²) in [7, 11) is 1.94. The van der Waals surface area contributed by atoms with Gasteiger partial charge < -0.3 is 24.3 Å². The van der Waals surface area contributed by atoms with Crippen LogP contribution in [0.3, 0.4) is 0 Å². The van der Waals surface area contributed by atoms with Crippen LogP contribution in [0.15, 0.2) is 54.6 Å². The molecule has 0 aliphatic rings. The number of nitrogens with zero attached hydrogens (tertiary/aromatic N) is 3. The van der Waals surface area contributed by atoms with Crippen molar-refractivity contribution in [3.8, 4) is 0 Å². The smallest absolute Gasteiger partial charge is 0.411 e. The van der Waals surface area contributed by atoms with E-state index in [2.05, 4.69) is 40.1 Å². The Bertz CT molecular complexity index is 1240. The molecule has 2 N–H and O–H groups in total. The van der Waals surface area contributed by atoms with E-state index in [0.717, 1.165) is 47.7 Å². The third-order valence-electron chi connectivity index (χ3n) is 6.01. The lowest BCUT2D eigenvalue weighted by Crippen LogP contribution is -2.30. The van der Waals surface area contributed by atoms with Gasteiger partial charge in [0.2, 0.25) is 0 Å². The summed E-state index contributed by atoms with van der Waals surface area (Å²) in [5.41, 5.74) is 4.91. The lowest BCUT2D eigenvalue weighted by Gasteiger charge is -2.24. The molecule has 9 nitrogen and oxygen atoms in total. The van der Waals surface area contributed by atoms with E-state index in [1.165, 1.54) is 0 Å². The third kappa shape index (κ3) is 7.57. The molecule has 0 fully saturated rings. The van der Waals surface area contributed by atoms with E-state index in [-0.39, 0.29) is 13.2 Å². The van der Waals surface area contributed by atoms with Crippen molar-refractivity contribution in [2.24, 2.45) is 0 Å². The molecule has 3 rings (SSSR count). The van der Waals surface area contributed by atoms with Gasteiger partial charge >= 0.3 is 12.1 Å². The molecular weight excluding hydrogens is 470 g/mol. The molecule has 1 aromatic heterocycles. The Labute approximate surface area is 218 Å². The van der Waals surface area contributed by atoms with E-state index in [4.69, 9.17) is 9.47 Å². The first-order valence-corrected chi connectivity index (χ1v) is 12.5. The first-order valence-electron chi connectivity index (χ1n) is 12.5. The van der Waals surface area contributed by atoms with Gasteiger partial charge in [-0.3, -0.25) is 5.32 Å². The van der Waals surface area contributed by atoms with Crippen molar-refractivity contribution in [3.63, 3.8) is 0 Å². The van der Waals surface area contributed by atoms with Gasteiger partial charge in [-0.1, -0.05) is 18.7 Å². The molecule has 198 valence electrons. The standard InChI is InChI=1S/C28H37N5O4/c1-6-32(15-14-29-5)22-11-12-23(21(4)19-22)31-28(35)37-17-13-26-30-24-9-7-8-10-25(24)33(26)16-18-36-27(34)20(2)3/h7-12,19,29H,2,6,13-18H2,1,3-5H3,(H,31,35). The average Bonchev–Trinajstić information content (AvgIpc) is 3.23. The van der Waals surface area contributed by atoms with Crippen LogP contribution in [-0.2, 0) is 27.2 Å². The van der Waals surface area contributed by atoms with E-state index in [0.29, 0.717) is 24.2 Å². The van der Waals surface area contributed by atoms with Crippen LogP contribution in [0.25, 0.3) is 11.0 Å². The minimum Gasteiger partial charge on any atom is -0.460 e. The van der Waals surface area contributed by atoms with Gasteiger partial charge in [0.05, 0.1) is 17.6 Å². The summed E-state index contributed by atoms with van der Waals surface area (Å²) in [6.07, 6.45) is -0.0952. The number of aromatic nitrogens is 2. The van der Waals surface area contributed by atoms with Gasteiger partial charge in [0.1, 0.15) is 19.0 Å². The molecule has 3 aromatic rings. The lowest BCUT2D eigenvalue weighted by atomic mass is 10.1. The number of aryl methyl sites for hydroxylation is 1. The fourth-order valence-corrected chi connectivity index (χ4v) is 4.00. The fourth-order valence-electron chi connectivity index (χ4n) is 4.00. The number of ether oxygens (including phenoxy) is 2. The molecule has 0 saturated heterocycles. The number of benzene rings is 2. The maximum Gasteiger partial charge on any atom is 0.411 e. The zero-order valence-corrected chi connectivity index (χ0v) is 22.2. The van der Waals surface area contributed by atoms with Crippen molar-refractivity contribution in [1.29, 1.82) is 0 Å². The van der Waals surface area contributed by atoms with Crippen LogP contribution in [0, 0.1) is 6.92 Å². The van der Waals surface area contributed by atoms with Gasteiger partial charge in [0.25, 0.3) is 0 Å². The van der Waals surface area contributed by atoms with Crippen LogP contribution in [-0.4, -0.2) is 61.5 Å². The zero-order valence-electron chi connectivity index (χ0n) is 22.2. The quantitative estimate of drug-likeness (QED) is 0.263. The highest BCUT2D eigenvalue weighted by molar-refractivity contribution is 5.87. The molecule has 0 spiro atoms. The predicted octanol–water partition coefficient (Wildman–Crippen LogP) is 4.30. The number of esters is 1. The molecule has 0 bridgehead atoms. The van der Waals surface area contributed by atoms with Gasteiger partial charge in [-0.25, -0.2) is 14.6 Å². The summed E-state index contributed by atoms with van der Waals surface area (Å²) in [4.78, 5) is 31.2. The molecule has 0 aliphatic heterocycles. The van der Waals surface area contributed by atoms with Crippen molar-refractivity contribution < 1.29 is 19.1 Å². The number of likely N-dealkylation sites (N-methyl/N-ethyl adjacent to an activating group) is 2. The summed E-state index contributed by atoms with van der Waals surface area (Å²) in [6, 6.07) is 13.7. The number of carbonyl (C=O) groups excluding carboxylic acids is 2. The fraction of sp³-hybridized carbons (Fsp3) is 0.393. The summed E-state index contributed by atoms with van der Waals surface area (Å²) in [5, 5.41) is 6.01. The molecule has 1 amide bonds. The summed E-state index contributed by atoms with van der Waals surface area (Å²) in [6.45, 7) is 12.8. The number of anilines is 2. The zero-order chi connectivity index (χ0) is 26.8. The molecule has 0 saturated carbocycles. The largest absolute Gasteiger partial charge is 0.460 e. The molecular formula is C28H37N5O4. The number of rotatable bonds is 13. The maximum atomic E-state index is 12.5. The molecule has 2 aromatic carbocycles. The van der Waals surface area contributed by atoms with Crippen LogP contribution >= 0.6 is 0 Å². The minimum atomic E-state index is -0.517. The summed E-state index contributed by atoms with van der Waals surface area (Å²) in [5.74, 6) is 0.330. The van der Waals surface area contributed by atoms with E-state index in [9.17, 15) is 9.59 Å². The number of para-hydroxylation sites is 2. The van der Waals surface area contributed by atoms with Crippen molar-refractivity contribution in [2.45, 2.75) is 33.7 Å². The molecule has 1 heterocycles. The van der Waals surface area contributed by atoms with E-state index in [1.807, 2.05) is 54.9 Å². The molecule has 0 unspecified atom stereocenters. The maximum absolute atomic E-state index is 12.5. The van der Waals surface area contributed by atoms with E-state index >= 15 is 0 Å². The summed E-state index contributed by atoms with van der Waals surface area (Å²) >= 11 is 0. The topological polar surface area (TPSA) is 97.7 Å². The number of hydrogen-bond acceptors (Lipinski definition) is 7. The van der Waals surface area contributed by atoms with Crippen LogP contribution < -0.4 is 15.5 Å². The molecule has 0 atom stereocenters. The second kappa shape index (κ2) is 13.5. The van der Waals surface area contributed by atoms with Gasteiger partial charge in [0.15, 0.2) is 0 Å². The molecule has 37 heavy (non-hydrogen) atoms. The van der Waals surface area contributed by atoms with Gasteiger partial charge in [-0.15, -0.1) is 0 Å². The highest BCUT2D eigenvalue weighted by Gasteiger charge is 2.14. The Hall–Kier alpha value is -3.85. The van der Waals surface area contributed by atoms with Crippen LogP contribution in [0.5, 0.6) is 0 Å².